The highest BCUT2D eigenvalue weighted by molar-refractivity contribution is 5.20. The minimum atomic E-state index is 0.736. The number of rotatable bonds is 6. The van der Waals surface area contributed by atoms with Crippen LogP contribution < -0.4 is 5.32 Å². The number of hydrogen-bond donors (Lipinski definition) is 1. The molecule has 1 saturated carbocycles. The normalized spacial score (nSPS) is 17.6. The van der Waals surface area contributed by atoms with Crippen molar-refractivity contribution in [2.75, 3.05) is 13.6 Å². The average molecular weight is 278 g/mol. The van der Waals surface area contributed by atoms with Crippen molar-refractivity contribution in [3.8, 4) is 0 Å². The van der Waals surface area contributed by atoms with Gasteiger partial charge in [-0.2, -0.15) is 0 Å². The predicted molar refractivity (Wildman–Crippen MR) is 83.8 cm³/mol. The number of nitrogens with zero attached hydrogens (tertiary/aromatic N) is 1. The van der Waals surface area contributed by atoms with E-state index >= 15 is 0 Å². The number of furan rings is 1. The SMILES string of the molecule is CCNCc1cc(CN(C)C2CCCCCC2)oc1C. The monoisotopic (exact) mass is 278 g/mol. The summed E-state index contributed by atoms with van der Waals surface area (Å²) >= 11 is 0. The summed E-state index contributed by atoms with van der Waals surface area (Å²) in [6, 6.07) is 2.96. The number of hydrogen-bond acceptors (Lipinski definition) is 3. The van der Waals surface area contributed by atoms with Crippen LogP contribution in [-0.4, -0.2) is 24.5 Å². The molecular weight excluding hydrogens is 248 g/mol. The van der Waals surface area contributed by atoms with Crippen LogP contribution in [0.1, 0.15) is 62.5 Å². The molecule has 1 aliphatic carbocycles. The molecule has 20 heavy (non-hydrogen) atoms. The Bertz CT molecular complexity index is 392. The Kier molecular flexibility index (Phi) is 6.11. The molecule has 0 radical (unpaired) electrons. The van der Waals surface area contributed by atoms with E-state index in [9.17, 15) is 0 Å². The van der Waals surface area contributed by atoms with Crippen LogP contribution in [0.5, 0.6) is 0 Å². The van der Waals surface area contributed by atoms with Gasteiger partial charge in [0.25, 0.3) is 0 Å². The molecule has 1 fully saturated rings. The zero-order valence-corrected chi connectivity index (χ0v) is 13.4. The Labute approximate surface area is 123 Å². The zero-order valence-electron chi connectivity index (χ0n) is 13.4. The largest absolute Gasteiger partial charge is 0.465 e. The van der Waals surface area contributed by atoms with Gasteiger partial charge in [0.2, 0.25) is 0 Å². The topological polar surface area (TPSA) is 28.4 Å². The van der Waals surface area contributed by atoms with Crippen molar-refractivity contribution >= 4 is 0 Å². The van der Waals surface area contributed by atoms with Crippen LogP contribution in [0, 0.1) is 6.92 Å². The molecule has 1 aromatic heterocycles. The summed E-state index contributed by atoms with van der Waals surface area (Å²) in [5.41, 5.74) is 1.30. The van der Waals surface area contributed by atoms with Crippen molar-refractivity contribution in [3.63, 3.8) is 0 Å². The van der Waals surface area contributed by atoms with Crippen molar-refractivity contribution in [2.45, 2.75) is 71.5 Å². The molecule has 0 saturated heterocycles. The van der Waals surface area contributed by atoms with Gasteiger partial charge in [-0.25, -0.2) is 0 Å². The average Bonchev–Trinajstić information content (AvgIpc) is 2.66. The minimum absolute atomic E-state index is 0.736. The number of nitrogens with one attached hydrogen (secondary N) is 1. The van der Waals surface area contributed by atoms with E-state index in [2.05, 4.69) is 37.2 Å². The molecule has 3 heteroatoms. The van der Waals surface area contributed by atoms with E-state index in [0.717, 1.165) is 37.2 Å². The third kappa shape index (κ3) is 4.35. The van der Waals surface area contributed by atoms with Crippen molar-refractivity contribution in [3.05, 3.63) is 23.2 Å². The lowest BCUT2D eigenvalue weighted by Crippen LogP contribution is -2.30. The van der Waals surface area contributed by atoms with E-state index in [1.54, 1.807) is 0 Å². The predicted octanol–water partition coefficient (Wildman–Crippen LogP) is 3.85. The maximum absolute atomic E-state index is 5.92. The highest BCUT2D eigenvalue weighted by Gasteiger charge is 2.18. The van der Waals surface area contributed by atoms with Gasteiger partial charge >= 0.3 is 0 Å². The molecular formula is C17H30N2O. The summed E-state index contributed by atoms with van der Waals surface area (Å²) in [4.78, 5) is 2.49. The summed E-state index contributed by atoms with van der Waals surface area (Å²) in [5.74, 6) is 2.18. The first-order valence-electron chi connectivity index (χ1n) is 8.20. The smallest absolute Gasteiger partial charge is 0.118 e. The van der Waals surface area contributed by atoms with Gasteiger partial charge in [0.15, 0.2) is 0 Å². The molecule has 0 atom stereocenters. The van der Waals surface area contributed by atoms with E-state index < -0.39 is 0 Å². The summed E-state index contributed by atoms with van der Waals surface area (Å²) < 4.78 is 5.92. The summed E-state index contributed by atoms with van der Waals surface area (Å²) in [7, 11) is 2.25. The molecule has 0 unspecified atom stereocenters. The molecule has 2 rings (SSSR count). The van der Waals surface area contributed by atoms with Crippen molar-refractivity contribution < 1.29 is 4.42 Å². The molecule has 0 spiro atoms. The fraction of sp³-hybridized carbons (Fsp3) is 0.765. The Morgan fingerprint density at radius 1 is 1.25 bits per heavy atom. The van der Waals surface area contributed by atoms with Crippen LogP contribution in [-0.2, 0) is 13.1 Å². The van der Waals surface area contributed by atoms with Crippen molar-refractivity contribution in [1.82, 2.24) is 10.2 Å². The summed E-state index contributed by atoms with van der Waals surface area (Å²) in [5, 5.41) is 3.37. The molecule has 0 aromatic carbocycles. The van der Waals surface area contributed by atoms with Crippen LogP contribution in [0.25, 0.3) is 0 Å². The molecule has 0 bridgehead atoms. The van der Waals surface area contributed by atoms with Gasteiger partial charge in [-0.3, -0.25) is 4.90 Å². The molecule has 3 nitrogen and oxygen atoms in total. The third-order valence-corrected chi connectivity index (χ3v) is 4.49. The maximum Gasteiger partial charge on any atom is 0.118 e. The quantitative estimate of drug-likeness (QED) is 0.801. The van der Waals surface area contributed by atoms with E-state index in [1.165, 1.54) is 44.1 Å². The minimum Gasteiger partial charge on any atom is -0.465 e. The molecule has 0 aliphatic heterocycles. The molecule has 1 heterocycles. The Balaban J connectivity index is 1.91. The third-order valence-electron chi connectivity index (χ3n) is 4.49. The lowest BCUT2D eigenvalue weighted by molar-refractivity contribution is 0.197. The highest BCUT2D eigenvalue weighted by atomic mass is 16.3. The first-order chi connectivity index (χ1) is 9.70. The van der Waals surface area contributed by atoms with Crippen LogP contribution in [0.4, 0.5) is 0 Å². The molecule has 1 aliphatic rings. The van der Waals surface area contributed by atoms with Gasteiger partial charge < -0.3 is 9.73 Å². The van der Waals surface area contributed by atoms with Gasteiger partial charge in [-0.05, 0) is 39.4 Å². The standard InChI is InChI=1S/C17H30N2O/c1-4-18-12-15-11-17(20-14(15)2)13-19(3)16-9-7-5-6-8-10-16/h11,16,18H,4-10,12-13H2,1-3H3. The second-order valence-corrected chi connectivity index (χ2v) is 6.13. The van der Waals surface area contributed by atoms with Gasteiger partial charge in [0.1, 0.15) is 11.5 Å². The van der Waals surface area contributed by atoms with Gasteiger partial charge in [-0.15, -0.1) is 0 Å². The number of aryl methyl sites for hydroxylation is 1. The van der Waals surface area contributed by atoms with E-state index in [1.807, 2.05) is 0 Å². The Morgan fingerprint density at radius 3 is 2.60 bits per heavy atom. The molecule has 1 aromatic rings. The fourth-order valence-electron chi connectivity index (χ4n) is 3.17. The first-order valence-corrected chi connectivity index (χ1v) is 8.20. The second kappa shape index (κ2) is 7.84. The van der Waals surface area contributed by atoms with E-state index in [4.69, 9.17) is 4.42 Å². The van der Waals surface area contributed by atoms with Crippen molar-refractivity contribution in [1.29, 1.82) is 0 Å². The van der Waals surface area contributed by atoms with E-state index in [0.29, 0.717) is 0 Å². The van der Waals surface area contributed by atoms with Gasteiger partial charge in [0, 0.05) is 18.2 Å². The van der Waals surface area contributed by atoms with Crippen molar-refractivity contribution in [2.24, 2.45) is 0 Å². The molecule has 114 valence electrons. The first kappa shape index (κ1) is 15.6. The van der Waals surface area contributed by atoms with Gasteiger partial charge in [-0.1, -0.05) is 32.6 Å². The highest BCUT2D eigenvalue weighted by Crippen LogP contribution is 2.23. The van der Waals surface area contributed by atoms with Gasteiger partial charge in [0.05, 0.1) is 6.54 Å². The second-order valence-electron chi connectivity index (χ2n) is 6.13. The molecule has 1 N–H and O–H groups in total. The maximum atomic E-state index is 5.92. The Morgan fingerprint density at radius 2 is 1.95 bits per heavy atom. The van der Waals surface area contributed by atoms with E-state index in [-0.39, 0.29) is 0 Å². The van der Waals surface area contributed by atoms with Crippen LogP contribution in [0.3, 0.4) is 0 Å². The van der Waals surface area contributed by atoms with Crippen LogP contribution in [0.15, 0.2) is 10.5 Å². The lowest BCUT2D eigenvalue weighted by Gasteiger charge is -2.26. The fourth-order valence-corrected chi connectivity index (χ4v) is 3.17. The van der Waals surface area contributed by atoms with Crippen LogP contribution >= 0.6 is 0 Å². The van der Waals surface area contributed by atoms with Crippen LogP contribution in [0.2, 0.25) is 0 Å². The summed E-state index contributed by atoms with van der Waals surface area (Å²) in [6.45, 7) is 7.07. The summed E-state index contributed by atoms with van der Waals surface area (Å²) in [6.07, 6.45) is 8.30. The Hall–Kier alpha value is -0.800. The lowest BCUT2D eigenvalue weighted by atomic mass is 10.1. The molecule has 0 amide bonds. The zero-order chi connectivity index (χ0) is 14.4.